The van der Waals surface area contributed by atoms with Crippen molar-refractivity contribution < 1.29 is 9.90 Å². The molecule has 3 nitrogen and oxygen atoms in total. The van der Waals surface area contributed by atoms with E-state index in [4.69, 9.17) is 5.11 Å². The largest absolute Gasteiger partial charge is 0.392 e. The summed E-state index contributed by atoms with van der Waals surface area (Å²) in [5, 5.41) is 9.02. The Morgan fingerprint density at radius 2 is 1.68 bits per heavy atom. The summed E-state index contributed by atoms with van der Waals surface area (Å²) < 4.78 is 0. The van der Waals surface area contributed by atoms with E-state index in [1.165, 1.54) is 0 Å². The third kappa shape index (κ3) is 4.61. The molecule has 0 bridgehead atoms. The van der Waals surface area contributed by atoms with Gasteiger partial charge in [0.2, 0.25) is 5.91 Å². The van der Waals surface area contributed by atoms with Gasteiger partial charge in [0.1, 0.15) is 0 Å². The fourth-order valence-electron chi connectivity index (χ4n) is 2.19. The van der Waals surface area contributed by atoms with E-state index in [0.717, 1.165) is 22.6 Å². The Labute approximate surface area is 136 Å². The Balaban J connectivity index is 1.86. The molecule has 0 aromatic heterocycles. The molecule has 0 aliphatic rings. The average Bonchev–Trinajstić information content (AvgIpc) is 2.57. The van der Waals surface area contributed by atoms with Crippen LogP contribution in [0.25, 0.3) is 0 Å². The second kappa shape index (κ2) is 8.61. The quantitative estimate of drug-likeness (QED) is 0.850. The lowest BCUT2D eigenvalue weighted by Gasteiger charge is -2.20. The first-order chi connectivity index (χ1) is 10.7. The van der Waals surface area contributed by atoms with Crippen LogP contribution in [0.2, 0.25) is 0 Å². The van der Waals surface area contributed by atoms with Crippen molar-refractivity contribution in [3.8, 4) is 0 Å². The summed E-state index contributed by atoms with van der Waals surface area (Å²) in [6.07, 6.45) is 0. The minimum absolute atomic E-state index is 0.0639. The second-order valence-electron chi connectivity index (χ2n) is 4.94. The van der Waals surface area contributed by atoms with E-state index in [9.17, 15) is 4.79 Å². The highest BCUT2D eigenvalue weighted by Crippen LogP contribution is 2.17. The van der Waals surface area contributed by atoms with Crippen LogP contribution in [-0.2, 0) is 17.2 Å². The average molecular weight is 315 g/mol. The molecule has 0 heterocycles. The highest BCUT2D eigenvalue weighted by molar-refractivity contribution is 7.99. The molecular weight excluding hydrogens is 294 g/mol. The molecule has 0 fully saturated rings. The van der Waals surface area contributed by atoms with E-state index in [1.54, 1.807) is 11.8 Å². The Morgan fingerprint density at radius 1 is 1.05 bits per heavy atom. The van der Waals surface area contributed by atoms with Gasteiger partial charge in [-0.3, -0.25) is 4.79 Å². The number of aliphatic hydroxyl groups excluding tert-OH is 1. The van der Waals surface area contributed by atoms with Crippen molar-refractivity contribution in [2.24, 2.45) is 0 Å². The van der Waals surface area contributed by atoms with Crippen LogP contribution in [0.15, 0.2) is 54.6 Å². The van der Waals surface area contributed by atoms with Crippen molar-refractivity contribution in [2.75, 3.05) is 17.2 Å². The number of rotatable bonds is 7. The molecule has 0 saturated heterocycles. The van der Waals surface area contributed by atoms with E-state index in [-0.39, 0.29) is 12.5 Å². The molecule has 2 aromatic carbocycles. The van der Waals surface area contributed by atoms with E-state index in [1.807, 2.05) is 66.4 Å². The number of carbonyl (C=O) groups excluding carboxylic acids is 1. The second-order valence-corrected chi connectivity index (χ2v) is 5.93. The lowest BCUT2D eigenvalue weighted by molar-refractivity contribution is -0.116. The fourth-order valence-corrected chi connectivity index (χ4v) is 3.05. The summed E-state index contributed by atoms with van der Waals surface area (Å²) in [4.78, 5) is 14.1. The molecule has 0 atom stereocenters. The third-order valence-corrected chi connectivity index (χ3v) is 4.37. The van der Waals surface area contributed by atoms with Crippen LogP contribution in [0, 0.1) is 0 Å². The zero-order valence-corrected chi connectivity index (χ0v) is 13.6. The molecule has 0 unspecified atom stereocenters. The Morgan fingerprint density at radius 3 is 2.27 bits per heavy atom. The molecule has 1 amide bonds. The van der Waals surface area contributed by atoms with Gasteiger partial charge in [0.15, 0.2) is 0 Å². The highest BCUT2D eigenvalue weighted by Gasteiger charge is 2.13. The zero-order chi connectivity index (χ0) is 15.8. The lowest BCUT2D eigenvalue weighted by atomic mass is 10.2. The number of para-hydroxylation sites is 1. The van der Waals surface area contributed by atoms with Gasteiger partial charge < -0.3 is 10.0 Å². The van der Waals surface area contributed by atoms with Gasteiger partial charge in [0.05, 0.1) is 12.4 Å². The van der Waals surface area contributed by atoms with Gasteiger partial charge in [-0.2, -0.15) is 0 Å². The predicted octanol–water partition coefficient (Wildman–Crippen LogP) is 3.47. The van der Waals surface area contributed by atoms with Gasteiger partial charge in [-0.25, -0.2) is 0 Å². The Kier molecular flexibility index (Phi) is 6.49. The maximum absolute atomic E-state index is 12.3. The van der Waals surface area contributed by atoms with Crippen molar-refractivity contribution in [3.05, 3.63) is 65.7 Å². The number of anilines is 1. The van der Waals surface area contributed by atoms with Crippen molar-refractivity contribution in [3.63, 3.8) is 0 Å². The van der Waals surface area contributed by atoms with Crippen LogP contribution >= 0.6 is 11.8 Å². The molecule has 0 aliphatic carbocycles. The molecule has 0 spiro atoms. The minimum atomic E-state index is 0.0639. The topological polar surface area (TPSA) is 40.5 Å². The van der Waals surface area contributed by atoms with Crippen LogP contribution < -0.4 is 4.90 Å². The van der Waals surface area contributed by atoms with Gasteiger partial charge >= 0.3 is 0 Å². The fraction of sp³-hybridized carbons (Fsp3) is 0.278. The highest BCUT2D eigenvalue weighted by atomic mass is 32.2. The molecule has 2 aromatic rings. The van der Waals surface area contributed by atoms with E-state index in [0.29, 0.717) is 12.3 Å². The molecule has 22 heavy (non-hydrogen) atoms. The molecule has 4 heteroatoms. The first kappa shape index (κ1) is 16.6. The van der Waals surface area contributed by atoms with E-state index >= 15 is 0 Å². The summed E-state index contributed by atoms with van der Waals surface area (Å²) >= 11 is 1.61. The number of hydrogen-bond acceptors (Lipinski definition) is 3. The smallest absolute Gasteiger partial charge is 0.236 e. The molecule has 0 saturated carbocycles. The van der Waals surface area contributed by atoms with Crippen LogP contribution in [0.3, 0.4) is 0 Å². The van der Waals surface area contributed by atoms with E-state index in [2.05, 4.69) is 0 Å². The van der Waals surface area contributed by atoms with Crippen LogP contribution in [-0.4, -0.2) is 23.3 Å². The lowest BCUT2D eigenvalue weighted by Crippen LogP contribution is -2.32. The minimum Gasteiger partial charge on any atom is -0.392 e. The van der Waals surface area contributed by atoms with Crippen molar-refractivity contribution in [2.45, 2.75) is 19.3 Å². The summed E-state index contributed by atoms with van der Waals surface area (Å²) in [7, 11) is 0. The predicted molar refractivity (Wildman–Crippen MR) is 93.0 cm³/mol. The first-order valence-electron chi connectivity index (χ1n) is 7.36. The van der Waals surface area contributed by atoms with E-state index < -0.39 is 0 Å². The first-order valence-corrected chi connectivity index (χ1v) is 8.52. The number of aliphatic hydroxyl groups is 1. The van der Waals surface area contributed by atoms with Gasteiger partial charge in [0, 0.05) is 18.0 Å². The molecule has 0 aliphatic heterocycles. The molecular formula is C18H21NO2S. The Bertz CT molecular complexity index is 584. The summed E-state index contributed by atoms with van der Waals surface area (Å²) in [6, 6.07) is 17.6. The number of nitrogens with zero attached hydrogens (tertiary/aromatic N) is 1. The molecule has 116 valence electrons. The van der Waals surface area contributed by atoms with Gasteiger partial charge in [-0.05, 0) is 30.2 Å². The maximum atomic E-state index is 12.3. The van der Waals surface area contributed by atoms with Gasteiger partial charge in [0.25, 0.3) is 0 Å². The normalized spacial score (nSPS) is 10.5. The summed E-state index contributed by atoms with van der Waals surface area (Å²) in [6.45, 7) is 2.73. The van der Waals surface area contributed by atoms with Crippen molar-refractivity contribution in [1.29, 1.82) is 0 Å². The molecule has 1 N–H and O–H groups in total. The van der Waals surface area contributed by atoms with Crippen molar-refractivity contribution >= 4 is 23.4 Å². The molecule has 0 radical (unpaired) electrons. The number of hydrogen-bond donors (Lipinski definition) is 1. The zero-order valence-electron chi connectivity index (χ0n) is 12.7. The monoisotopic (exact) mass is 315 g/mol. The maximum Gasteiger partial charge on any atom is 0.236 e. The van der Waals surface area contributed by atoms with Crippen LogP contribution in [0.5, 0.6) is 0 Å². The summed E-state index contributed by atoms with van der Waals surface area (Å²) in [5.74, 6) is 1.39. The van der Waals surface area contributed by atoms with Crippen molar-refractivity contribution in [1.82, 2.24) is 0 Å². The summed E-state index contributed by atoms with van der Waals surface area (Å²) in [5.41, 5.74) is 3.02. The number of benzene rings is 2. The number of amides is 1. The Hall–Kier alpha value is -1.78. The van der Waals surface area contributed by atoms with Gasteiger partial charge in [-0.1, -0.05) is 42.5 Å². The van der Waals surface area contributed by atoms with Crippen LogP contribution in [0.1, 0.15) is 18.1 Å². The standard InChI is InChI=1S/C18H21NO2S/c1-2-19(17-6-4-3-5-7-17)18(21)14-22-13-16-10-8-15(12-20)9-11-16/h3-11,20H,2,12-14H2,1H3. The third-order valence-electron chi connectivity index (χ3n) is 3.38. The molecule has 2 rings (SSSR count). The number of thioether (sulfide) groups is 1. The number of carbonyl (C=O) groups is 1. The SMILES string of the molecule is CCN(C(=O)CSCc1ccc(CO)cc1)c1ccccc1. The van der Waals surface area contributed by atoms with Crippen LogP contribution in [0.4, 0.5) is 5.69 Å². The van der Waals surface area contributed by atoms with Gasteiger partial charge in [-0.15, -0.1) is 11.8 Å².